The number of carbonyl (C=O) groups excluding carboxylic acids is 1. The van der Waals surface area contributed by atoms with E-state index in [4.69, 9.17) is 9.47 Å². The number of methoxy groups -OCH3 is 1. The highest BCUT2D eigenvalue weighted by atomic mass is 19.1. The zero-order chi connectivity index (χ0) is 22.2. The number of benzene rings is 3. The van der Waals surface area contributed by atoms with E-state index in [9.17, 15) is 9.18 Å². The van der Waals surface area contributed by atoms with Crippen molar-refractivity contribution < 1.29 is 23.6 Å². The van der Waals surface area contributed by atoms with Crippen molar-refractivity contribution in [3.63, 3.8) is 0 Å². The van der Waals surface area contributed by atoms with Gasteiger partial charge in [0.15, 0.2) is 17.5 Å². The second-order valence-electron chi connectivity index (χ2n) is 7.47. The maximum absolute atomic E-state index is 13.8. The molecule has 3 aromatic rings. The molecule has 0 radical (unpaired) electrons. The maximum Gasteiger partial charge on any atom is 0.282 e. The van der Waals surface area contributed by atoms with Gasteiger partial charge in [0.1, 0.15) is 19.0 Å². The largest absolute Gasteiger partial charge is 0.493 e. The first-order valence-corrected chi connectivity index (χ1v) is 10.2. The topological polar surface area (TPSA) is 52.0 Å². The van der Waals surface area contributed by atoms with Gasteiger partial charge in [-0.05, 0) is 42.8 Å². The second-order valence-corrected chi connectivity index (χ2v) is 7.47. The van der Waals surface area contributed by atoms with Crippen LogP contribution in [0.2, 0.25) is 0 Å². The average molecular weight is 424 g/mol. The molecule has 0 heterocycles. The number of nitrogens with one attached hydrogen (secondary N) is 2. The molecule has 0 aliphatic carbocycles. The first-order valence-electron chi connectivity index (χ1n) is 10.2. The molecule has 3 aromatic carbocycles. The minimum absolute atomic E-state index is 0.189. The third kappa shape index (κ3) is 6.06. The molecule has 0 bridgehead atoms. The van der Waals surface area contributed by atoms with Crippen LogP contribution in [0.5, 0.6) is 11.5 Å². The lowest BCUT2D eigenvalue weighted by Crippen LogP contribution is -3.12. The number of ether oxygens (including phenoxy) is 2. The number of para-hydroxylation sites is 1. The van der Waals surface area contributed by atoms with E-state index < -0.39 is 5.82 Å². The Morgan fingerprint density at radius 1 is 1.00 bits per heavy atom. The number of quaternary nitrogens is 1. The Morgan fingerprint density at radius 3 is 2.42 bits per heavy atom. The van der Waals surface area contributed by atoms with Crippen molar-refractivity contribution in [1.29, 1.82) is 0 Å². The quantitative estimate of drug-likeness (QED) is 0.554. The summed E-state index contributed by atoms with van der Waals surface area (Å²) in [5, 5.41) is 2.66. The van der Waals surface area contributed by atoms with Gasteiger partial charge in [0.05, 0.1) is 19.8 Å². The molecule has 0 aromatic heterocycles. The van der Waals surface area contributed by atoms with Gasteiger partial charge in [0.25, 0.3) is 5.91 Å². The van der Waals surface area contributed by atoms with Crippen LogP contribution < -0.4 is 19.7 Å². The molecule has 6 heteroatoms. The minimum Gasteiger partial charge on any atom is -0.493 e. The first-order chi connectivity index (χ1) is 15.0. The van der Waals surface area contributed by atoms with E-state index >= 15 is 0 Å². The molecule has 0 fully saturated rings. The molecule has 0 saturated heterocycles. The Bertz CT molecular complexity index is 1010. The SMILES string of the molecule is COc1cc(C[NH+](C)[C@@H](C)C(=O)Nc2ccccc2F)ccc1OCc1ccccc1. The molecular formula is C25H28FN2O3+. The lowest BCUT2D eigenvalue weighted by Gasteiger charge is -2.22. The van der Waals surface area contributed by atoms with Crippen molar-refractivity contribution in [2.45, 2.75) is 26.1 Å². The van der Waals surface area contributed by atoms with Gasteiger partial charge >= 0.3 is 0 Å². The zero-order valence-electron chi connectivity index (χ0n) is 18.0. The number of rotatable bonds is 9. The molecule has 0 aliphatic rings. The van der Waals surface area contributed by atoms with Crippen LogP contribution in [-0.4, -0.2) is 26.1 Å². The Morgan fingerprint density at radius 2 is 1.71 bits per heavy atom. The molecule has 1 amide bonds. The number of anilines is 1. The predicted octanol–water partition coefficient (Wildman–Crippen LogP) is 3.46. The number of amides is 1. The van der Waals surface area contributed by atoms with Crippen LogP contribution in [0.1, 0.15) is 18.1 Å². The lowest BCUT2D eigenvalue weighted by molar-refractivity contribution is -0.907. The maximum atomic E-state index is 13.8. The molecule has 162 valence electrons. The van der Waals surface area contributed by atoms with E-state index in [0.717, 1.165) is 16.0 Å². The fourth-order valence-electron chi connectivity index (χ4n) is 3.18. The standard InChI is InChI=1S/C25H27FN2O3/c1-18(25(29)27-22-12-8-7-11-21(22)26)28(2)16-20-13-14-23(24(15-20)30-3)31-17-19-9-5-4-6-10-19/h4-15,18H,16-17H2,1-3H3,(H,27,29)/p+1/t18-/m0/s1. The molecule has 31 heavy (non-hydrogen) atoms. The van der Waals surface area contributed by atoms with Crippen LogP contribution in [0.15, 0.2) is 72.8 Å². The highest BCUT2D eigenvalue weighted by molar-refractivity contribution is 5.93. The summed E-state index contributed by atoms with van der Waals surface area (Å²) in [4.78, 5) is 13.5. The summed E-state index contributed by atoms with van der Waals surface area (Å²) in [6.45, 7) is 2.87. The smallest absolute Gasteiger partial charge is 0.282 e. The van der Waals surface area contributed by atoms with Crippen LogP contribution in [0, 0.1) is 5.82 Å². The number of hydrogen-bond acceptors (Lipinski definition) is 3. The first kappa shape index (κ1) is 22.3. The molecule has 0 saturated carbocycles. The summed E-state index contributed by atoms with van der Waals surface area (Å²) >= 11 is 0. The number of likely N-dealkylation sites (N-methyl/N-ethyl adjacent to an activating group) is 1. The summed E-state index contributed by atoms with van der Waals surface area (Å²) in [5.74, 6) is 0.622. The van der Waals surface area contributed by atoms with E-state index in [2.05, 4.69) is 5.32 Å². The lowest BCUT2D eigenvalue weighted by atomic mass is 10.1. The van der Waals surface area contributed by atoms with Gasteiger partial charge in [0.2, 0.25) is 0 Å². The predicted molar refractivity (Wildman–Crippen MR) is 119 cm³/mol. The van der Waals surface area contributed by atoms with Crippen molar-refractivity contribution in [2.24, 2.45) is 0 Å². The van der Waals surface area contributed by atoms with Gasteiger partial charge in [-0.1, -0.05) is 42.5 Å². The van der Waals surface area contributed by atoms with Crippen molar-refractivity contribution in [1.82, 2.24) is 0 Å². The van der Waals surface area contributed by atoms with Gasteiger partial charge in [0, 0.05) is 5.56 Å². The van der Waals surface area contributed by atoms with E-state index in [1.165, 1.54) is 6.07 Å². The Kier molecular flexibility index (Phi) is 7.62. The van der Waals surface area contributed by atoms with Gasteiger partial charge in [-0.3, -0.25) is 4.79 Å². The van der Waals surface area contributed by atoms with E-state index in [0.29, 0.717) is 24.7 Å². The zero-order valence-corrected chi connectivity index (χ0v) is 18.0. The van der Waals surface area contributed by atoms with E-state index in [1.54, 1.807) is 25.3 Å². The van der Waals surface area contributed by atoms with Gasteiger partial charge < -0.3 is 19.7 Å². The van der Waals surface area contributed by atoms with Crippen LogP contribution >= 0.6 is 0 Å². The fourth-order valence-corrected chi connectivity index (χ4v) is 3.18. The van der Waals surface area contributed by atoms with Gasteiger partial charge in [-0.15, -0.1) is 0 Å². The third-order valence-electron chi connectivity index (χ3n) is 5.21. The summed E-state index contributed by atoms with van der Waals surface area (Å²) in [7, 11) is 3.54. The second kappa shape index (κ2) is 10.6. The van der Waals surface area contributed by atoms with Crippen LogP contribution in [0.3, 0.4) is 0 Å². The fraction of sp³-hybridized carbons (Fsp3) is 0.240. The molecule has 3 rings (SSSR count). The third-order valence-corrected chi connectivity index (χ3v) is 5.21. The summed E-state index contributed by atoms with van der Waals surface area (Å²) in [6.07, 6.45) is 0. The highest BCUT2D eigenvalue weighted by Crippen LogP contribution is 2.28. The summed E-state index contributed by atoms with van der Waals surface area (Å²) in [5.41, 5.74) is 2.27. The van der Waals surface area contributed by atoms with E-state index in [-0.39, 0.29) is 17.6 Å². The average Bonchev–Trinajstić information content (AvgIpc) is 2.79. The summed E-state index contributed by atoms with van der Waals surface area (Å²) < 4.78 is 25.2. The monoisotopic (exact) mass is 423 g/mol. The number of hydrogen-bond donors (Lipinski definition) is 2. The molecule has 2 atom stereocenters. The molecule has 1 unspecified atom stereocenters. The van der Waals surface area contributed by atoms with Crippen molar-refractivity contribution >= 4 is 11.6 Å². The van der Waals surface area contributed by atoms with E-state index in [1.807, 2.05) is 62.5 Å². The summed E-state index contributed by atoms with van der Waals surface area (Å²) in [6, 6.07) is 21.5. The molecule has 5 nitrogen and oxygen atoms in total. The van der Waals surface area contributed by atoms with Crippen molar-refractivity contribution in [2.75, 3.05) is 19.5 Å². The Hall–Kier alpha value is -3.38. The highest BCUT2D eigenvalue weighted by Gasteiger charge is 2.23. The minimum atomic E-state index is -0.448. The van der Waals surface area contributed by atoms with Crippen LogP contribution in [-0.2, 0) is 17.9 Å². The molecule has 0 spiro atoms. The molecular weight excluding hydrogens is 395 g/mol. The normalized spacial score (nSPS) is 12.6. The van der Waals surface area contributed by atoms with Crippen molar-refractivity contribution in [3.8, 4) is 11.5 Å². The molecule has 0 aliphatic heterocycles. The molecule has 2 N–H and O–H groups in total. The van der Waals surface area contributed by atoms with Gasteiger partial charge in [-0.2, -0.15) is 0 Å². The Labute approximate surface area is 182 Å². The number of halogens is 1. The van der Waals surface area contributed by atoms with Crippen LogP contribution in [0.25, 0.3) is 0 Å². The number of carbonyl (C=O) groups is 1. The Balaban J connectivity index is 1.61. The van der Waals surface area contributed by atoms with Crippen molar-refractivity contribution in [3.05, 3.63) is 89.7 Å². The van der Waals surface area contributed by atoms with Crippen LogP contribution in [0.4, 0.5) is 10.1 Å². The van der Waals surface area contributed by atoms with Gasteiger partial charge in [-0.25, -0.2) is 4.39 Å².